The van der Waals surface area contributed by atoms with E-state index in [2.05, 4.69) is 37.2 Å². The van der Waals surface area contributed by atoms with Crippen LogP contribution in [0.5, 0.6) is 0 Å². The molecule has 0 aromatic heterocycles. The normalized spacial score (nSPS) is 28.7. The number of amides is 9. The van der Waals surface area contributed by atoms with Crippen molar-refractivity contribution in [1.82, 2.24) is 47.0 Å². The summed E-state index contributed by atoms with van der Waals surface area (Å²) in [5.74, 6) is -10.5. The SMILES string of the molecule is CC[C@H](C)[C@@H]1NC(=O)[C@H](CO)NC(=O)[C@H](CCCCN)NC(=O)[C@H]([C@@H](C)O)NC(=O)[C@@H](N[C@H](C=O)CO)CSSC[C@@H](C(=O)O)NC(=O)[C@H](CCC(N)=O)NC(=O)[C@@H]2CCCN2C(=O)[C@@H]2CCCN2C1=O. The van der Waals surface area contributed by atoms with Gasteiger partial charge < -0.3 is 78.4 Å². The van der Waals surface area contributed by atoms with Crippen molar-refractivity contribution in [1.29, 1.82) is 0 Å². The molecule has 28 heteroatoms. The first-order chi connectivity index (χ1) is 33.7. The van der Waals surface area contributed by atoms with Crippen LogP contribution in [0.25, 0.3) is 0 Å². The summed E-state index contributed by atoms with van der Waals surface area (Å²) in [4.78, 5) is 150. The summed E-state index contributed by atoms with van der Waals surface area (Å²) >= 11 is 0. The molecular formula is C43H71N11O15S2. The third-order valence-corrected chi connectivity index (χ3v) is 14.9. The Kier molecular flexibility index (Phi) is 25.5. The fourth-order valence-corrected chi connectivity index (χ4v) is 10.5. The van der Waals surface area contributed by atoms with Crippen LogP contribution in [-0.2, 0) is 52.7 Å². The van der Waals surface area contributed by atoms with E-state index in [1.165, 1.54) is 16.7 Å². The predicted molar refractivity (Wildman–Crippen MR) is 257 cm³/mol. The Morgan fingerprint density at radius 3 is 1.89 bits per heavy atom. The Labute approximate surface area is 419 Å². The van der Waals surface area contributed by atoms with Crippen LogP contribution in [0.3, 0.4) is 0 Å². The van der Waals surface area contributed by atoms with Crippen molar-refractivity contribution in [2.75, 3.05) is 44.4 Å². The third-order valence-electron chi connectivity index (χ3n) is 12.5. The maximum absolute atomic E-state index is 14.4. The van der Waals surface area contributed by atoms with Gasteiger partial charge in [-0.1, -0.05) is 41.9 Å². The summed E-state index contributed by atoms with van der Waals surface area (Å²) in [7, 11) is 1.75. The average Bonchev–Trinajstić information content (AvgIpc) is 4.04. The fourth-order valence-electron chi connectivity index (χ4n) is 8.14. The number of carboxylic acid groups (broad SMARTS) is 1. The van der Waals surface area contributed by atoms with Gasteiger partial charge in [0.15, 0.2) is 0 Å². The van der Waals surface area contributed by atoms with Gasteiger partial charge in [0.25, 0.3) is 0 Å². The molecule has 3 saturated heterocycles. The number of primary amides is 1. The Morgan fingerprint density at radius 2 is 1.31 bits per heavy atom. The summed E-state index contributed by atoms with van der Waals surface area (Å²) in [6.45, 7) is 3.32. The monoisotopic (exact) mass is 1050 g/mol. The molecule has 400 valence electrons. The molecule has 0 bridgehead atoms. The van der Waals surface area contributed by atoms with Gasteiger partial charge >= 0.3 is 5.97 Å². The molecule has 3 fully saturated rings. The molecule has 0 saturated carbocycles. The van der Waals surface area contributed by atoms with Gasteiger partial charge in [0.1, 0.15) is 54.6 Å². The topological polar surface area (TPSA) is 411 Å². The van der Waals surface area contributed by atoms with E-state index in [4.69, 9.17) is 11.5 Å². The lowest BCUT2D eigenvalue weighted by Crippen LogP contribution is -2.62. The quantitative estimate of drug-likeness (QED) is 0.0390. The van der Waals surface area contributed by atoms with Crippen molar-refractivity contribution in [3.63, 3.8) is 0 Å². The van der Waals surface area contributed by atoms with Gasteiger partial charge in [0, 0.05) is 31.0 Å². The molecule has 71 heavy (non-hydrogen) atoms. The summed E-state index contributed by atoms with van der Waals surface area (Å²) in [6.07, 6.45) is 0.0453. The zero-order valence-electron chi connectivity index (χ0n) is 40.2. The number of nitrogens with two attached hydrogens (primary N) is 2. The van der Waals surface area contributed by atoms with Crippen LogP contribution in [0.4, 0.5) is 0 Å². The summed E-state index contributed by atoms with van der Waals surface area (Å²) in [6, 6.07) is -14.1. The molecule has 3 heterocycles. The van der Waals surface area contributed by atoms with Crippen LogP contribution in [0, 0.1) is 5.92 Å². The van der Waals surface area contributed by atoms with Crippen LogP contribution in [-0.4, -0.2) is 207 Å². The van der Waals surface area contributed by atoms with E-state index in [0.717, 1.165) is 21.6 Å². The molecule has 26 nitrogen and oxygen atoms in total. The molecule has 3 aliphatic heterocycles. The van der Waals surface area contributed by atoms with Crippen LogP contribution in [0.1, 0.15) is 85.0 Å². The zero-order chi connectivity index (χ0) is 52.9. The van der Waals surface area contributed by atoms with Gasteiger partial charge in [0.2, 0.25) is 53.2 Å². The van der Waals surface area contributed by atoms with E-state index in [1.807, 2.05) is 0 Å². The lowest BCUT2D eigenvalue weighted by molar-refractivity contribution is -0.149. The highest BCUT2D eigenvalue weighted by molar-refractivity contribution is 8.76. The number of aliphatic hydroxyl groups excluding tert-OH is 3. The minimum Gasteiger partial charge on any atom is -0.480 e. The summed E-state index contributed by atoms with van der Waals surface area (Å²) < 4.78 is 0. The predicted octanol–water partition coefficient (Wildman–Crippen LogP) is -5.31. The number of carbonyl (C=O) groups is 11. The van der Waals surface area contributed by atoms with Gasteiger partial charge in [-0.15, -0.1) is 0 Å². The zero-order valence-corrected chi connectivity index (χ0v) is 41.8. The van der Waals surface area contributed by atoms with E-state index in [-0.39, 0.29) is 63.2 Å². The number of carbonyl (C=O) groups excluding carboxylic acids is 10. The van der Waals surface area contributed by atoms with Gasteiger partial charge in [-0.3, -0.25) is 48.5 Å². The molecule has 3 aliphatic rings. The molecule has 0 radical (unpaired) electrons. The van der Waals surface area contributed by atoms with E-state index in [0.29, 0.717) is 32.0 Å². The molecule has 0 aliphatic carbocycles. The van der Waals surface area contributed by atoms with E-state index < -0.39 is 151 Å². The van der Waals surface area contributed by atoms with Crippen molar-refractivity contribution in [2.45, 2.75) is 152 Å². The number of hydrogen-bond donors (Lipinski definition) is 13. The average molecular weight is 1050 g/mol. The van der Waals surface area contributed by atoms with Crippen molar-refractivity contribution in [3.8, 4) is 0 Å². The Hall–Kier alpha value is -5.13. The molecule has 0 aromatic rings. The minimum atomic E-state index is -1.75. The van der Waals surface area contributed by atoms with Crippen molar-refractivity contribution >= 4 is 87.0 Å². The Bertz CT molecular complexity index is 1900. The molecule has 12 atom stereocenters. The van der Waals surface area contributed by atoms with E-state index in [9.17, 15) is 73.2 Å². The highest BCUT2D eigenvalue weighted by Gasteiger charge is 2.45. The fraction of sp³-hybridized carbons (Fsp3) is 0.744. The molecule has 0 spiro atoms. The Balaban J connectivity index is 2.09. The molecule has 15 N–H and O–H groups in total. The molecule has 0 aromatic carbocycles. The maximum atomic E-state index is 14.4. The van der Waals surface area contributed by atoms with Gasteiger partial charge in [-0.25, -0.2) is 4.79 Å². The first-order valence-corrected chi connectivity index (χ1v) is 26.2. The second-order valence-corrected chi connectivity index (χ2v) is 20.3. The second-order valence-electron chi connectivity index (χ2n) is 17.7. The van der Waals surface area contributed by atoms with Crippen LogP contribution < -0.4 is 48.7 Å². The number of nitrogens with one attached hydrogen (secondary N) is 7. The number of unbranched alkanes of at least 4 members (excludes halogenated alkanes) is 1. The number of aldehydes is 1. The first kappa shape index (κ1) is 60.2. The van der Waals surface area contributed by atoms with Gasteiger partial charge in [-0.05, 0) is 70.8 Å². The highest BCUT2D eigenvalue weighted by Crippen LogP contribution is 2.28. The molecule has 0 unspecified atom stereocenters. The van der Waals surface area contributed by atoms with Gasteiger partial charge in [0.05, 0.1) is 31.4 Å². The lowest BCUT2D eigenvalue weighted by Gasteiger charge is -2.35. The lowest BCUT2D eigenvalue weighted by atomic mass is 9.96. The van der Waals surface area contributed by atoms with Crippen molar-refractivity contribution < 1.29 is 73.2 Å². The number of fused-ring (bicyclic) bond motifs is 2. The van der Waals surface area contributed by atoms with Crippen LogP contribution in [0.15, 0.2) is 0 Å². The largest absolute Gasteiger partial charge is 0.480 e. The van der Waals surface area contributed by atoms with Gasteiger partial charge in [-0.2, -0.15) is 0 Å². The van der Waals surface area contributed by atoms with Crippen LogP contribution in [0.2, 0.25) is 0 Å². The minimum absolute atomic E-state index is 0.0612. The standard InChI is InChI=1S/C43H71N11O15S2/c1-4-22(2)33-42(67)54-16-8-11-31(54)41(66)53-15-7-10-30(53)39(64)47-26(12-13-32(45)59)36(61)50-29(43(68)69)21-71-70-20-28(46-24(17-55)18-56)38(63)52-34(23(3)58)40(65)48-25(9-5-6-14-44)35(60)49-27(19-57)37(62)51-33/h17,22-31,33-34,46,56-58H,4-16,18-21,44H2,1-3H3,(H2,45,59)(H,47,64)(H,48,65)(H,49,60)(H,50,61)(H,51,62)(H,52,63)(H,68,69)/t22-,23+,24+,25-,26-,27-,28-,29-,30-,31-,33-,34-/m0/s1. The number of aliphatic carboxylic acids is 1. The number of hydrogen-bond acceptors (Lipinski definition) is 18. The van der Waals surface area contributed by atoms with E-state index in [1.54, 1.807) is 13.8 Å². The molecular weight excluding hydrogens is 975 g/mol. The van der Waals surface area contributed by atoms with Crippen LogP contribution >= 0.6 is 21.6 Å². The number of carboxylic acids is 1. The summed E-state index contributed by atoms with van der Waals surface area (Å²) in [5.41, 5.74) is 11.0. The maximum Gasteiger partial charge on any atom is 0.327 e. The molecule has 9 amide bonds. The third kappa shape index (κ3) is 17.8. The second kappa shape index (κ2) is 30.0. The Morgan fingerprint density at radius 1 is 0.746 bits per heavy atom. The van der Waals surface area contributed by atoms with E-state index >= 15 is 0 Å². The van der Waals surface area contributed by atoms with Crippen molar-refractivity contribution in [3.05, 3.63) is 0 Å². The number of aliphatic hydroxyl groups is 3. The molecule has 3 rings (SSSR count). The number of rotatable bonds is 16. The summed E-state index contributed by atoms with van der Waals surface area (Å²) in [5, 5.41) is 58.4. The number of nitrogens with zero attached hydrogens (tertiary/aromatic N) is 2. The first-order valence-electron chi connectivity index (χ1n) is 23.7. The smallest absolute Gasteiger partial charge is 0.327 e. The highest BCUT2D eigenvalue weighted by atomic mass is 33.1. The van der Waals surface area contributed by atoms with Crippen molar-refractivity contribution in [2.24, 2.45) is 17.4 Å².